The van der Waals surface area contributed by atoms with Crippen molar-refractivity contribution in [3.05, 3.63) is 35.1 Å². The first-order chi connectivity index (χ1) is 14.7. The molecule has 5 rings (SSSR count). The van der Waals surface area contributed by atoms with Gasteiger partial charge in [-0.3, -0.25) is 9.59 Å². The molecule has 9 nitrogen and oxygen atoms in total. The molecular formula is C22H26N2O7. The molecule has 4 aliphatic rings. The van der Waals surface area contributed by atoms with Crippen LogP contribution in [0.25, 0.3) is 0 Å². The highest BCUT2D eigenvalue weighted by Gasteiger charge is 2.72. The van der Waals surface area contributed by atoms with Crippen molar-refractivity contribution in [2.45, 2.75) is 54.9 Å². The van der Waals surface area contributed by atoms with E-state index in [0.717, 1.165) is 17.7 Å². The molecule has 2 aliphatic carbocycles. The monoisotopic (exact) mass is 430 g/mol. The highest BCUT2D eigenvalue weighted by Crippen LogP contribution is 2.65. The molecule has 0 aromatic heterocycles. The Kier molecular flexibility index (Phi) is 4.38. The van der Waals surface area contributed by atoms with E-state index in [1.165, 1.54) is 0 Å². The molecule has 166 valence electrons. The lowest BCUT2D eigenvalue weighted by atomic mass is 9.50. The number of esters is 1. The number of likely N-dealkylation sites (N-methyl/N-ethyl adjacent to an activating group) is 1. The smallest absolute Gasteiger partial charge is 0.321 e. The van der Waals surface area contributed by atoms with Crippen molar-refractivity contribution in [2.24, 2.45) is 5.73 Å². The van der Waals surface area contributed by atoms with Crippen LogP contribution in [0.5, 0.6) is 11.5 Å². The molecule has 0 radical (unpaired) electrons. The number of hydrogen-bond acceptors (Lipinski definition) is 8. The van der Waals surface area contributed by atoms with Crippen molar-refractivity contribution in [1.82, 2.24) is 4.90 Å². The zero-order valence-electron chi connectivity index (χ0n) is 17.5. The molecule has 2 bridgehead atoms. The number of aliphatic carboxylic acids is 1. The van der Waals surface area contributed by atoms with Crippen molar-refractivity contribution in [3.63, 3.8) is 0 Å². The number of methoxy groups -OCH3 is 1. The van der Waals surface area contributed by atoms with Crippen molar-refractivity contribution in [1.29, 1.82) is 0 Å². The van der Waals surface area contributed by atoms with Crippen LogP contribution in [-0.4, -0.2) is 71.5 Å². The summed E-state index contributed by atoms with van der Waals surface area (Å²) in [4.78, 5) is 25.6. The van der Waals surface area contributed by atoms with Gasteiger partial charge in [0.1, 0.15) is 11.8 Å². The lowest BCUT2D eigenvalue weighted by Gasteiger charge is -2.61. The van der Waals surface area contributed by atoms with Crippen LogP contribution < -0.4 is 15.2 Å². The maximum absolute atomic E-state index is 12.4. The van der Waals surface area contributed by atoms with E-state index in [-0.39, 0.29) is 6.04 Å². The summed E-state index contributed by atoms with van der Waals surface area (Å²) in [5.74, 6) is -0.568. The topological polar surface area (TPSA) is 132 Å². The van der Waals surface area contributed by atoms with Gasteiger partial charge in [0.05, 0.1) is 24.5 Å². The molecule has 4 N–H and O–H groups in total. The van der Waals surface area contributed by atoms with Gasteiger partial charge in [-0.15, -0.1) is 0 Å². The van der Waals surface area contributed by atoms with Gasteiger partial charge in [-0.1, -0.05) is 6.07 Å². The molecule has 1 spiro atoms. The highest BCUT2D eigenvalue weighted by molar-refractivity contribution is 5.81. The summed E-state index contributed by atoms with van der Waals surface area (Å²) >= 11 is 0. The zero-order valence-corrected chi connectivity index (χ0v) is 17.5. The summed E-state index contributed by atoms with van der Waals surface area (Å²) in [6.07, 6.45) is 2.14. The predicted octanol–water partition coefficient (Wildman–Crippen LogP) is 0.318. The number of ether oxygens (including phenoxy) is 3. The number of nitrogens with zero attached hydrogens (tertiary/aromatic N) is 1. The van der Waals surface area contributed by atoms with E-state index >= 15 is 0 Å². The highest BCUT2D eigenvalue weighted by atomic mass is 16.6. The number of carbonyl (C=O) groups is 2. The third kappa shape index (κ3) is 2.54. The molecule has 1 aromatic rings. The number of carboxylic acids is 1. The summed E-state index contributed by atoms with van der Waals surface area (Å²) in [5.41, 5.74) is 5.65. The molecule has 0 unspecified atom stereocenters. The first-order valence-electron chi connectivity index (χ1n) is 10.4. The Balaban J connectivity index is 1.59. The second kappa shape index (κ2) is 6.69. The van der Waals surface area contributed by atoms with Crippen LogP contribution in [0.2, 0.25) is 0 Å². The van der Waals surface area contributed by atoms with Crippen LogP contribution in [0.15, 0.2) is 24.0 Å². The average molecular weight is 430 g/mol. The van der Waals surface area contributed by atoms with Gasteiger partial charge in [-0.2, -0.15) is 0 Å². The Morgan fingerprint density at radius 2 is 2.19 bits per heavy atom. The third-order valence-corrected chi connectivity index (χ3v) is 7.49. The molecule has 2 heterocycles. The SMILES string of the molecule is COc1ccc2c3c1O[C@H]1C(OC(=O)C[C@H](N)C(=O)O)=CC[C@@]4(O)[C@H](C2)N(C)CC[C@]314. The van der Waals surface area contributed by atoms with Crippen molar-refractivity contribution >= 4 is 11.9 Å². The Labute approximate surface area is 179 Å². The normalized spacial score (nSPS) is 33.6. The van der Waals surface area contributed by atoms with Crippen LogP contribution in [0.3, 0.4) is 0 Å². The van der Waals surface area contributed by atoms with Gasteiger partial charge in [0.2, 0.25) is 0 Å². The number of nitrogens with two attached hydrogens (primary N) is 1. The minimum atomic E-state index is -1.34. The fourth-order valence-electron chi connectivity index (χ4n) is 6.03. The second-order valence-electron chi connectivity index (χ2n) is 8.91. The fraction of sp³-hybridized carbons (Fsp3) is 0.545. The van der Waals surface area contributed by atoms with Gasteiger partial charge in [-0.25, -0.2) is 0 Å². The summed E-state index contributed by atoms with van der Waals surface area (Å²) in [7, 11) is 3.58. The van der Waals surface area contributed by atoms with E-state index < -0.39 is 41.5 Å². The van der Waals surface area contributed by atoms with E-state index in [1.807, 2.05) is 19.2 Å². The van der Waals surface area contributed by atoms with Gasteiger partial charge in [0.25, 0.3) is 0 Å². The van der Waals surface area contributed by atoms with Gasteiger partial charge in [0, 0.05) is 18.0 Å². The molecule has 1 fully saturated rings. The van der Waals surface area contributed by atoms with E-state index in [4.69, 9.17) is 25.1 Å². The molecule has 2 aliphatic heterocycles. The van der Waals surface area contributed by atoms with Gasteiger partial charge >= 0.3 is 11.9 Å². The Morgan fingerprint density at radius 3 is 2.90 bits per heavy atom. The third-order valence-electron chi connectivity index (χ3n) is 7.49. The summed E-state index contributed by atoms with van der Waals surface area (Å²) < 4.78 is 17.5. The predicted molar refractivity (Wildman–Crippen MR) is 108 cm³/mol. The molecule has 0 amide bonds. The number of hydrogen-bond donors (Lipinski definition) is 3. The lowest BCUT2D eigenvalue weighted by Crippen LogP contribution is -2.74. The standard InChI is InChI=1S/C22H26N2O7/c1-24-8-7-21-17-11-3-4-13(29-2)18(17)31-19(21)14(5-6-22(21,28)15(24)9-11)30-16(25)10-12(23)20(26)27/h3-5,12,15,19,28H,6-10,23H2,1-2H3,(H,26,27)/t12-,15-,19-,21-,22+/m0/s1. The van der Waals surface area contributed by atoms with Crippen molar-refractivity contribution in [3.8, 4) is 11.5 Å². The molecule has 5 atom stereocenters. The van der Waals surface area contributed by atoms with E-state index in [9.17, 15) is 14.7 Å². The number of likely N-dealkylation sites (tertiary alicyclic amines) is 1. The molecule has 1 aromatic carbocycles. The van der Waals surface area contributed by atoms with Crippen molar-refractivity contribution in [2.75, 3.05) is 20.7 Å². The summed E-state index contributed by atoms with van der Waals surface area (Å²) in [6.45, 7) is 0.758. The Morgan fingerprint density at radius 1 is 1.42 bits per heavy atom. The lowest BCUT2D eigenvalue weighted by molar-refractivity contribution is -0.169. The number of carboxylic acid groups (broad SMARTS) is 1. The van der Waals surface area contributed by atoms with Gasteiger partial charge < -0.3 is 35.1 Å². The molecule has 0 saturated carbocycles. The maximum Gasteiger partial charge on any atom is 0.321 e. The first kappa shape index (κ1) is 20.3. The Hall–Kier alpha value is -2.62. The zero-order chi connectivity index (χ0) is 22.1. The van der Waals surface area contributed by atoms with E-state index in [1.54, 1.807) is 13.2 Å². The molecule has 9 heteroatoms. The van der Waals surface area contributed by atoms with Crippen LogP contribution in [-0.2, 0) is 26.2 Å². The number of aliphatic hydroxyl groups is 1. The Bertz CT molecular complexity index is 1010. The van der Waals surface area contributed by atoms with Gasteiger partial charge in [-0.05, 0) is 44.1 Å². The fourth-order valence-corrected chi connectivity index (χ4v) is 6.03. The van der Waals surface area contributed by atoms with E-state index in [0.29, 0.717) is 36.5 Å². The van der Waals surface area contributed by atoms with Gasteiger partial charge in [0.15, 0.2) is 17.6 Å². The molecule has 1 saturated heterocycles. The molecule has 31 heavy (non-hydrogen) atoms. The minimum Gasteiger partial charge on any atom is -0.493 e. The number of carbonyl (C=O) groups excluding carboxylic acids is 1. The number of rotatable bonds is 5. The summed E-state index contributed by atoms with van der Waals surface area (Å²) in [5, 5.41) is 21.1. The first-order valence-corrected chi connectivity index (χ1v) is 10.4. The average Bonchev–Trinajstić information content (AvgIpc) is 3.08. The summed E-state index contributed by atoms with van der Waals surface area (Å²) in [6, 6.07) is 2.44. The minimum absolute atomic E-state index is 0.104. The maximum atomic E-state index is 12.4. The largest absolute Gasteiger partial charge is 0.493 e. The quantitative estimate of drug-likeness (QED) is 0.565. The van der Waals surface area contributed by atoms with Crippen LogP contribution in [0.1, 0.15) is 30.4 Å². The second-order valence-corrected chi connectivity index (χ2v) is 8.91. The number of piperidine rings is 1. The van der Waals surface area contributed by atoms with Crippen LogP contribution >= 0.6 is 0 Å². The molecular weight excluding hydrogens is 404 g/mol. The van der Waals surface area contributed by atoms with Crippen LogP contribution in [0.4, 0.5) is 0 Å². The van der Waals surface area contributed by atoms with Crippen LogP contribution in [0, 0.1) is 0 Å². The van der Waals surface area contributed by atoms with Crippen molar-refractivity contribution < 1.29 is 34.0 Å². The number of benzene rings is 1. The van der Waals surface area contributed by atoms with E-state index in [2.05, 4.69) is 4.90 Å².